The topological polar surface area (TPSA) is 22.0 Å². The van der Waals surface area contributed by atoms with E-state index in [1.165, 1.54) is 32.9 Å². The Morgan fingerprint density at radius 3 is 1.74 bits per heavy atom. The second-order valence-corrected chi connectivity index (χ2v) is 6.09. The summed E-state index contributed by atoms with van der Waals surface area (Å²) >= 11 is 0. The van der Waals surface area contributed by atoms with Crippen LogP contribution in [0.15, 0.2) is 60.7 Å². The lowest BCUT2D eigenvalue weighted by molar-refractivity contribution is 0.112. The van der Waals surface area contributed by atoms with Crippen LogP contribution in [0.25, 0.3) is 27.5 Å². The predicted octanol–water partition coefficient (Wildman–Crippen LogP) is 5.21. The second-order valence-electron chi connectivity index (χ2n) is 6.09. The minimum atomic E-state index is 0.696. The van der Waals surface area contributed by atoms with Crippen LogP contribution in [0.3, 0.4) is 0 Å². The van der Waals surface area contributed by atoms with E-state index in [0.717, 1.165) is 12.0 Å². The van der Waals surface area contributed by atoms with E-state index in [0.29, 0.717) is 5.56 Å². The third-order valence-corrected chi connectivity index (χ3v) is 4.37. The van der Waals surface area contributed by atoms with Gasteiger partial charge in [-0.15, -0.1) is 0 Å². The molecule has 2 heteroatoms. The molecule has 0 bridgehead atoms. The number of fused-ring (bicyclic) bond motifs is 3. The number of benzene rings is 3. The van der Waals surface area contributed by atoms with Crippen molar-refractivity contribution in [3.05, 3.63) is 77.4 Å². The molecule has 0 radical (unpaired) electrons. The fraction of sp³-hybridized carbons (Fsp3) is 0.0952. The Kier molecular flexibility index (Phi) is 3.05. The Balaban J connectivity index is 2.14. The van der Waals surface area contributed by atoms with Crippen molar-refractivity contribution in [3.8, 4) is 5.69 Å². The van der Waals surface area contributed by atoms with Crippen molar-refractivity contribution in [2.45, 2.75) is 13.8 Å². The second kappa shape index (κ2) is 5.10. The average Bonchev–Trinajstić information content (AvgIpc) is 2.87. The minimum Gasteiger partial charge on any atom is -0.309 e. The zero-order valence-corrected chi connectivity index (χ0v) is 13.2. The molecule has 4 rings (SSSR count). The summed E-state index contributed by atoms with van der Waals surface area (Å²) in [4.78, 5) is 10.9. The molecule has 0 atom stereocenters. The van der Waals surface area contributed by atoms with Crippen molar-refractivity contribution in [3.63, 3.8) is 0 Å². The number of nitrogens with zero attached hydrogens (tertiary/aromatic N) is 1. The van der Waals surface area contributed by atoms with Crippen molar-refractivity contribution >= 4 is 28.1 Å². The highest BCUT2D eigenvalue weighted by Gasteiger charge is 2.12. The highest BCUT2D eigenvalue weighted by atomic mass is 16.1. The van der Waals surface area contributed by atoms with Gasteiger partial charge in [0.25, 0.3) is 0 Å². The van der Waals surface area contributed by atoms with Crippen LogP contribution >= 0.6 is 0 Å². The first kappa shape index (κ1) is 13.8. The van der Waals surface area contributed by atoms with E-state index < -0.39 is 0 Å². The number of hydrogen-bond donors (Lipinski definition) is 0. The summed E-state index contributed by atoms with van der Waals surface area (Å²) in [6, 6.07) is 20.9. The molecular weight excluding hydrogens is 282 g/mol. The van der Waals surface area contributed by atoms with E-state index in [4.69, 9.17) is 0 Å². The zero-order valence-electron chi connectivity index (χ0n) is 13.2. The van der Waals surface area contributed by atoms with Gasteiger partial charge in [0, 0.05) is 22.0 Å². The molecular formula is C21H17NO. The minimum absolute atomic E-state index is 0.696. The molecule has 0 aliphatic carbocycles. The first-order valence-electron chi connectivity index (χ1n) is 7.74. The molecule has 0 amide bonds. The summed E-state index contributed by atoms with van der Waals surface area (Å²) in [5, 5.41) is 2.51. The van der Waals surface area contributed by atoms with Gasteiger partial charge < -0.3 is 4.57 Å². The Bertz CT molecular complexity index is 980. The fourth-order valence-electron chi connectivity index (χ4n) is 3.22. The van der Waals surface area contributed by atoms with Crippen LogP contribution in [0.2, 0.25) is 0 Å². The number of carbonyl (C=O) groups is 1. The molecule has 1 aromatic heterocycles. The van der Waals surface area contributed by atoms with Gasteiger partial charge in [0.15, 0.2) is 0 Å². The van der Waals surface area contributed by atoms with Crippen LogP contribution in [0.4, 0.5) is 0 Å². The van der Waals surface area contributed by atoms with Gasteiger partial charge in [-0.2, -0.15) is 0 Å². The highest BCUT2D eigenvalue weighted by Crippen LogP contribution is 2.33. The van der Waals surface area contributed by atoms with Crippen molar-refractivity contribution < 1.29 is 4.79 Å². The Labute approximate surface area is 135 Å². The predicted molar refractivity (Wildman–Crippen MR) is 95.6 cm³/mol. The molecule has 3 aromatic carbocycles. The number of aromatic nitrogens is 1. The lowest BCUT2D eigenvalue weighted by Crippen LogP contribution is -1.94. The van der Waals surface area contributed by atoms with Crippen molar-refractivity contribution in [2.24, 2.45) is 0 Å². The zero-order chi connectivity index (χ0) is 16.0. The molecule has 23 heavy (non-hydrogen) atoms. The van der Waals surface area contributed by atoms with Gasteiger partial charge in [0.2, 0.25) is 0 Å². The summed E-state index contributed by atoms with van der Waals surface area (Å²) in [5.41, 5.74) is 6.65. The van der Waals surface area contributed by atoms with Crippen molar-refractivity contribution in [2.75, 3.05) is 0 Å². The number of hydrogen-bond acceptors (Lipinski definition) is 1. The number of rotatable bonds is 2. The smallest absolute Gasteiger partial charge is 0.150 e. The van der Waals surface area contributed by atoms with Gasteiger partial charge in [-0.1, -0.05) is 24.3 Å². The maximum absolute atomic E-state index is 10.9. The molecule has 0 aliphatic rings. The van der Waals surface area contributed by atoms with Gasteiger partial charge in [-0.05, 0) is 61.4 Å². The van der Waals surface area contributed by atoms with Crippen molar-refractivity contribution in [1.82, 2.24) is 4.57 Å². The summed E-state index contributed by atoms with van der Waals surface area (Å²) < 4.78 is 2.28. The maximum Gasteiger partial charge on any atom is 0.150 e. The Morgan fingerprint density at radius 1 is 0.739 bits per heavy atom. The number of carbonyl (C=O) groups excluding carboxylic acids is 1. The van der Waals surface area contributed by atoms with Crippen molar-refractivity contribution in [1.29, 1.82) is 0 Å². The van der Waals surface area contributed by atoms with E-state index >= 15 is 0 Å². The summed E-state index contributed by atoms with van der Waals surface area (Å²) in [6.45, 7) is 4.23. The standard InChI is InChI=1S/C21H17NO/c1-14-3-9-18-19-10-4-15(2)12-21(19)22(20(18)11-14)17-7-5-16(13-23)6-8-17/h3-13H,1-2H3. The van der Waals surface area contributed by atoms with Gasteiger partial charge in [-0.25, -0.2) is 0 Å². The Morgan fingerprint density at radius 2 is 1.26 bits per heavy atom. The molecule has 0 saturated carbocycles. The lowest BCUT2D eigenvalue weighted by Gasteiger charge is -2.08. The number of aryl methyl sites for hydroxylation is 2. The third-order valence-electron chi connectivity index (χ3n) is 4.37. The molecule has 0 saturated heterocycles. The van der Waals surface area contributed by atoms with Crippen LogP contribution in [0, 0.1) is 13.8 Å². The largest absolute Gasteiger partial charge is 0.309 e. The summed E-state index contributed by atoms with van der Waals surface area (Å²) in [7, 11) is 0. The number of aldehydes is 1. The van der Waals surface area contributed by atoms with Crippen LogP contribution in [-0.2, 0) is 0 Å². The van der Waals surface area contributed by atoms with Gasteiger partial charge >= 0.3 is 0 Å². The maximum atomic E-state index is 10.9. The van der Waals surface area contributed by atoms with E-state index in [1.54, 1.807) is 0 Å². The molecule has 0 aliphatic heterocycles. The molecule has 0 unspecified atom stereocenters. The first-order chi connectivity index (χ1) is 11.2. The normalized spacial score (nSPS) is 11.2. The monoisotopic (exact) mass is 299 g/mol. The van der Waals surface area contributed by atoms with E-state index in [2.05, 4.69) is 54.8 Å². The lowest BCUT2D eigenvalue weighted by atomic mass is 10.1. The molecule has 0 N–H and O–H groups in total. The van der Waals surface area contributed by atoms with Crippen LogP contribution in [-0.4, -0.2) is 10.9 Å². The molecule has 112 valence electrons. The van der Waals surface area contributed by atoms with E-state index in [1.807, 2.05) is 24.3 Å². The molecule has 0 fully saturated rings. The van der Waals surface area contributed by atoms with E-state index in [-0.39, 0.29) is 0 Å². The SMILES string of the molecule is Cc1ccc2c3ccc(C)cc3n(-c3ccc(C=O)cc3)c2c1. The first-order valence-corrected chi connectivity index (χ1v) is 7.74. The fourth-order valence-corrected chi connectivity index (χ4v) is 3.22. The van der Waals surface area contributed by atoms with Crippen LogP contribution < -0.4 is 0 Å². The van der Waals surface area contributed by atoms with E-state index in [9.17, 15) is 4.79 Å². The van der Waals surface area contributed by atoms with Crippen LogP contribution in [0.5, 0.6) is 0 Å². The average molecular weight is 299 g/mol. The van der Waals surface area contributed by atoms with Gasteiger partial charge in [0.05, 0.1) is 11.0 Å². The van der Waals surface area contributed by atoms with Gasteiger partial charge in [-0.3, -0.25) is 4.79 Å². The molecule has 1 heterocycles. The summed E-state index contributed by atoms with van der Waals surface area (Å²) in [6.07, 6.45) is 0.879. The molecule has 0 spiro atoms. The third kappa shape index (κ3) is 2.15. The van der Waals surface area contributed by atoms with Crippen LogP contribution in [0.1, 0.15) is 21.5 Å². The highest BCUT2D eigenvalue weighted by molar-refractivity contribution is 6.09. The molecule has 4 aromatic rings. The quantitative estimate of drug-likeness (QED) is 0.465. The Hall–Kier alpha value is -2.87. The molecule has 2 nitrogen and oxygen atoms in total. The van der Waals surface area contributed by atoms with Gasteiger partial charge in [0.1, 0.15) is 6.29 Å². The summed E-state index contributed by atoms with van der Waals surface area (Å²) in [5.74, 6) is 0.